The number of carbonyl (C=O) groups is 4. The zero-order valence-electron chi connectivity index (χ0n) is 25.4. The maximum Gasteiger partial charge on any atom is 0.387 e. The van der Waals surface area contributed by atoms with Crippen LogP contribution >= 0.6 is 11.6 Å². The van der Waals surface area contributed by atoms with Crippen molar-refractivity contribution in [3.05, 3.63) is 94.5 Å². The van der Waals surface area contributed by atoms with Gasteiger partial charge in [0.15, 0.2) is 0 Å². The van der Waals surface area contributed by atoms with Gasteiger partial charge in [0.05, 0.1) is 5.92 Å². The van der Waals surface area contributed by atoms with Crippen LogP contribution < -0.4 is 20.1 Å². The standard InChI is InChI=1S/C21H20ClF2NO3.C13H13F2NO4/c22-16-5-1-13(2-6-16)9-17(26)10-15-12-25-20(27)11-19(15)14-3-7-18(8-4-14)28-21(23)24;14-13(15)20-8-3-1-7(2-4-8)9-5-11(17)16-6-10(9)12(18)19/h1-8,15,19,21H,9-12H2,(H,25,27);1-4,9-10,13H,5-6H2,(H,16,17)(H,18,19)/t15-,19?;/m1./s1. The second-order valence-electron chi connectivity index (χ2n) is 11.4. The molecule has 0 aliphatic carbocycles. The molecule has 2 heterocycles. The third-order valence-corrected chi connectivity index (χ3v) is 8.39. The molecule has 2 aliphatic heterocycles. The van der Waals surface area contributed by atoms with E-state index in [9.17, 15) is 36.7 Å². The second-order valence-corrected chi connectivity index (χ2v) is 11.8. The monoisotopic (exact) mass is 692 g/mol. The van der Waals surface area contributed by atoms with Crippen LogP contribution in [0, 0.1) is 11.8 Å². The lowest BCUT2D eigenvalue weighted by Gasteiger charge is -2.31. The molecule has 5 rings (SSSR count). The van der Waals surface area contributed by atoms with Crippen LogP contribution in [0.25, 0.3) is 0 Å². The Kier molecular flexibility index (Phi) is 12.8. The molecule has 3 aromatic carbocycles. The van der Waals surface area contributed by atoms with Gasteiger partial charge in [-0.05, 0) is 64.9 Å². The SMILES string of the molecule is O=C(Cc1ccc(Cl)cc1)C[C@@H]1CNC(=O)CC1c1ccc(OC(F)F)cc1.O=C1CC(c2ccc(OC(F)F)cc2)C(C(=O)O)CN1. The molecule has 0 saturated carbocycles. The van der Waals surface area contributed by atoms with E-state index >= 15 is 0 Å². The summed E-state index contributed by atoms with van der Waals surface area (Å²) in [6.07, 6.45) is 0.943. The van der Waals surface area contributed by atoms with Gasteiger partial charge in [-0.3, -0.25) is 19.2 Å². The average molecular weight is 693 g/mol. The molecule has 3 aromatic rings. The number of piperidine rings is 2. The number of carbonyl (C=O) groups excluding carboxylic acids is 3. The van der Waals surface area contributed by atoms with Gasteiger partial charge in [0.1, 0.15) is 17.3 Å². The highest BCUT2D eigenvalue weighted by Crippen LogP contribution is 2.35. The molecule has 0 bridgehead atoms. The normalized spacial score (nSPS) is 20.6. The summed E-state index contributed by atoms with van der Waals surface area (Å²) in [5.41, 5.74) is 2.34. The number of benzene rings is 3. The van der Waals surface area contributed by atoms with E-state index in [1.807, 2.05) is 12.1 Å². The van der Waals surface area contributed by atoms with Crippen LogP contribution in [-0.2, 0) is 25.6 Å². The Morgan fingerprint density at radius 2 is 1.23 bits per heavy atom. The predicted octanol–water partition coefficient (Wildman–Crippen LogP) is 5.96. The van der Waals surface area contributed by atoms with Crippen LogP contribution in [-0.4, -0.2) is 55.0 Å². The van der Waals surface area contributed by atoms with Crippen molar-refractivity contribution in [3.63, 3.8) is 0 Å². The number of hydrogen-bond acceptors (Lipinski definition) is 6. The smallest absolute Gasteiger partial charge is 0.387 e. The van der Waals surface area contributed by atoms with Crippen molar-refractivity contribution in [2.45, 2.75) is 50.7 Å². The number of carboxylic acids is 1. The fraction of sp³-hybridized carbons (Fsp3) is 0.353. The number of nitrogens with one attached hydrogen (secondary N) is 2. The van der Waals surface area contributed by atoms with Crippen LogP contribution in [0.4, 0.5) is 17.6 Å². The third-order valence-electron chi connectivity index (χ3n) is 8.13. The highest BCUT2D eigenvalue weighted by Gasteiger charge is 2.35. The van der Waals surface area contributed by atoms with Gasteiger partial charge in [-0.15, -0.1) is 0 Å². The van der Waals surface area contributed by atoms with Gasteiger partial charge in [0.25, 0.3) is 0 Å². The molecule has 2 fully saturated rings. The van der Waals surface area contributed by atoms with Crippen LogP contribution in [0.2, 0.25) is 5.02 Å². The molecule has 48 heavy (non-hydrogen) atoms. The number of carboxylic acid groups (broad SMARTS) is 1. The summed E-state index contributed by atoms with van der Waals surface area (Å²) in [7, 11) is 0. The van der Waals surface area contributed by atoms with Crippen molar-refractivity contribution in [2.24, 2.45) is 11.8 Å². The Morgan fingerprint density at radius 1 is 0.750 bits per heavy atom. The van der Waals surface area contributed by atoms with Crippen LogP contribution in [0.15, 0.2) is 72.8 Å². The van der Waals surface area contributed by atoms with Gasteiger partial charge in [0.2, 0.25) is 11.8 Å². The highest BCUT2D eigenvalue weighted by atomic mass is 35.5. The molecule has 256 valence electrons. The zero-order chi connectivity index (χ0) is 34.8. The van der Waals surface area contributed by atoms with E-state index in [4.69, 9.17) is 16.7 Å². The molecule has 2 amide bonds. The summed E-state index contributed by atoms with van der Waals surface area (Å²) in [6, 6.07) is 19.1. The van der Waals surface area contributed by atoms with Gasteiger partial charge in [-0.1, -0.05) is 48.0 Å². The lowest BCUT2D eigenvalue weighted by atomic mass is 9.78. The Balaban J connectivity index is 0.000000229. The zero-order valence-corrected chi connectivity index (χ0v) is 26.2. The van der Waals surface area contributed by atoms with Crippen LogP contribution in [0.3, 0.4) is 0 Å². The maximum absolute atomic E-state index is 12.6. The Bertz CT molecular complexity index is 1560. The van der Waals surface area contributed by atoms with Crippen molar-refractivity contribution in [2.75, 3.05) is 13.1 Å². The number of ether oxygens (including phenoxy) is 2. The minimum atomic E-state index is -2.91. The van der Waals surface area contributed by atoms with Gasteiger partial charge >= 0.3 is 19.2 Å². The summed E-state index contributed by atoms with van der Waals surface area (Å²) in [4.78, 5) is 47.0. The Hall–Kier alpha value is -4.65. The first-order valence-corrected chi connectivity index (χ1v) is 15.4. The Labute approximate surface area is 278 Å². The summed E-state index contributed by atoms with van der Waals surface area (Å²) < 4.78 is 57.3. The molecule has 4 atom stereocenters. The van der Waals surface area contributed by atoms with Crippen molar-refractivity contribution in [1.29, 1.82) is 0 Å². The minimum absolute atomic E-state index is 0.00381. The first-order chi connectivity index (χ1) is 22.9. The number of amides is 2. The number of alkyl halides is 4. The van der Waals surface area contributed by atoms with E-state index in [-0.39, 0.29) is 60.3 Å². The van der Waals surface area contributed by atoms with E-state index in [0.717, 1.165) is 11.1 Å². The molecule has 3 N–H and O–H groups in total. The molecule has 14 heteroatoms. The summed E-state index contributed by atoms with van der Waals surface area (Å²) in [5.74, 6) is -2.57. The molecule has 0 aromatic heterocycles. The molecule has 0 radical (unpaired) electrons. The van der Waals surface area contributed by atoms with Crippen LogP contribution in [0.1, 0.15) is 47.8 Å². The number of halogens is 5. The van der Waals surface area contributed by atoms with E-state index in [2.05, 4.69) is 20.1 Å². The van der Waals surface area contributed by atoms with Gasteiger partial charge < -0.3 is 25.2 Å². The summed E-state index contributed by atoms with van der Waals surface area (Å²) in [5, 5.41) is 15.1. The quantitative estimate of drug-likeness (QED) is 0.212. The fourth-order valence-electron chi connectivity index (χ4n) is 5.81. The van der Waals surface area contributed by atoms with Gasteiger partial charge in [-0.2, -0.15) is 17.6 Å². The number of hydrogen-bond donors (Lipinski definition) is 3. The van der Waals surface area contributed by atoms with Crippen molar-refractivity contribution in [1.82, 2.24) is 10.6 Å². The second kappa shape index (κ2) is 17.0. The molecule has 2 saturated heterocycles. The summed E-state index contributed by atoms with van der Waals surface area (Å²) >= 11 is 5.87. The molecule has 3 unspecified atom stereocenters. The number of Topliss-reactive ketones (excluding diaryl/α,β-unsaturated/α-hetero) is 1. The number of ketones is 1. The topological polar surface area (TPSA) is 131 Å². The van der Waals surface area contributed by atoms with E-state index < -0.39 is 31.0 Å². The molecule has 0 spiro atoms. The third kappa shape index (κ3) is 10.7. The first-order valence-electron chi connectivity index (χ1n) is 15.0. The number of aliphatic carboxylic acids is 1. The molecule has 9 nitrogen and oxygen atoms in total. The average Bonchev–Trinajstić information content (AvgIpc) is 3.03. The van der Waals surface area contributed by atoms with E-state index in [0.29, 0.717) is 30.0 Å². The van der Waals surface area contributed by atoms with E-state index in [1.54, 1.807) is 24.3 Å². The summed E-state index contributed by atoms with van der Waals surface area (Å²) in [6.45, 7) is -5.32. The lowest BCUT2D eigenvalue weighted by molar-refractivity contribution is -0.144. The number of rotatable bonds is 11. The first kappa shape index (κ1) is 36.2. The fourth-order valence-corrected chi connectivity index (χ4v) is 5.93. The molecular weight excluding hydrogens is 660 g/mol. The van der Waals surface area contributed by atoms with Gasteiger partial charge in [0, 0.05) is 49.7 Å². The molecule has 2 aliphatic rings. The van der Waals surface area contributed by atoms with Crippen molar-refractivity contribution < 1.29 is 51.3 Å². The Morgan fingerprint density at radius 3 is 1.73 bits per heavy atom. The largest absolute Gasteiger partial charge is 0.481 e. The van der Waals surface area contributed by atoms with Crippen molar-refractivity contribution in [3.8, 4) is 11.5 Å². The predicted molar refractivity (Wildman–Crippen MR) is 166 cm³/mol. The van der Waals surface area contributed by atoms with Crippen LogP contribution in [0.5, 0.6) is 11.5 Å². The highest BCUT2D eigenvalue weighted by molar-refractivity contribution is 6.30. The van der Waals surface area contributed by atoms with E-state index in [1.165, 1.54) is 36.4 Å². The maximum atomic E-state index is 12.6. The van der Waals surface area contributed by atoms with Gasteiger partial charge in [-0.25, -0.2) is 0 Å². The van der Waals surface area contributed by atoms with Crippen molar-refractivity contribution >= 4 is 35.2 Å². The minimum Gasteiger partial charge on any atom is -0.481 e. The molecular formula is C34H33ClF4N2O7. The lowest BCUT2D eigenvalue weighted by Crippen LogP contribution is -2.43.